The Hall–Kier alpha value is -3.20. The van der Waals surface area contributed by atoms with Crippen LogP contribution in [-0.4, -0.2) is 29.4 Å². The zero-order chi connectivity index (χ0) is 21.6. The number of aromatic amines is 1. The summed E-state index contributed by atoms with van der Waals surface area (Å²) in [5, 5.41) is 0.113. The molecule has 1 aliphatic rings. The molecule has 1 atom stereocenters. The molecule has 0 aliphatic carbocycles. The minimum absolute atomic E-state index is 0.0267. The fraction of sp³-hybridized carbons (Fsp3) is 0.238. The third-order valence-electron chi connectivity index (χ3n) is 5.21. The molecule has 1 amide bonds. The molecule has 0 bridgehead atoms. The molecule has 30 heavy (non-hydrogen) atoms. The number of carbonyl (C=O) groups is 1. The van der Waals surface area contributed by atoms with Crippen molar-refractivity contribution in [1.29, 1.82) is 0 Å². The van der Waals surface area contributed by atoms with Gasteiger partial charge in [-0.3, -0.25) is 9.59 Å². The van der Waals surface area contributed by atoms with Gasteiger partial charge < -0.3 is 14.6 Å². The topological polar surface area (TPSA) is 62.4 Å². The maximum absolute atomic E-state index is 14.0. The van der Waals surface area contributed by atoms with E-state index in [2.05, 4.69) is 4.98 Å². The zero-order valence-electron chi connectivity index (χ0n) is 15.7. The summed E-state index contributed by atoms with van der Waals surface area (Å²) in [4.78, 5) is 29.1. The Morgan fingerprint density at radius 1 is 1.17 bits per heavy atom. The average molecular weight is 420 g/mol. The number of benzene rings is 2. The zero-order valence-corrected chi connectivity index (χ0v) is 15.7. The van der Waals surface area contributed by atoms with Crippen LogP contribution in [0.4, 0.5) is 17.6 Å². The van der Waals surface area contributed by atoms with Crippen LogP contribution in [0.15, 0.2) is 41.2 Å². The predicted molar refractivity (Wildman–Crippen MR) is 100 cm³/mol. The number of rotatable bonds is 3. The number of aromatic nitrogens is 1. The summed E-state index contributed by atoms with van der Waals surface area (Å²) in [6.45, 7) is 0.0584. The Balaban J connectivity index is 1.82. The number of fused-ring (bicyclic) bond motifs is 3. The van der Waals surface area contributed by atoms with E-state index < -0.39 is 35.6 Å². The van der Waals surface area contributed by atoms with E-state index in [1.807, 2.05) is 0 Å². The molecule has 3 aromatic rings. The molecule has 1 aromatic heterocycles. The lowest BCUT2D eigenvalue weighted by Gasteiger charge is -2.34. The molecule has 0 radical (unpaired) electrons. The molecule has 0 unspecified atom stereocenters. The van der Waals surface area contributed by atoms with Crippen molar-refractivity contribution < 1.29 is 27.1 Å². The summed E-state index contributed by atoms with van der Waals surface area (Å²) in [7, 11) is 1.46. The highest BCUT2D eigenvalue weighted by Crippen LogP contribution is 2.34. The van der Waals surface area contributed by atoms with E-state index in [-0.39, 0.29) is 35.1 Å². The number of hydrogen-bond acceptors (Lipinski definition) is 3. The van der Waals surface area contributed by atoms with Crippen molar-refractivity contribution in [2.24, 2.45) is 0 Å². The number of alkyl halides is 2. The van der Waals surface area contributed by atoms with Crippen LogP contribution in [0.2, 0.25) is 0 Å². The number of nitrogens with zero attached hydrogens (tertiary/aromatic N) is 1. The highest BCUT2D eigenvalue weighted by Gasteiger charge is 2.31. The average Bonchev–Trinajstić information content (AvgIpc) is 2.73. The molecule has 0 fully saturated rings. The van der Waals surface area contributed by atoms with Crippen LogP contribution >= 0.6 is 0 Å². The molecule has 0 spiro atoms. The second kappa shape index (κ2) is 7.56. The molecule has 4 rings (SSSR count). The third-order valence-corrected chi connectivity index (χ3v) is 5.21. The molecule has 5 nitrogen and oxygen atoms in total. The first-order chi connectivity index (χ1) is 14.3. The van der Waals surface area contributed by atoms with Gasteiger partial charge in [0.2, 0.25) is 0 Å². The molecule has 0 saturated carbocycles. The predicted octanol–water partition coefficient (Wildman–Crippen LogP) is 4.09. The second-order valence-electron chi connectivity index (χ2n) is 7.03. The summed E-state index contributed by atoms with van der Waals surface area (Å²) in [5.41, 5.74) is -0.0767. The first-order valence-corrected chi connectivity index (χ1v) is 9.04. The molecule has 0 saturated heterocycles. The minimum atomic E-state index is -2.73. The first-order valence-electron chi connectivity index (χ1n) is 9.04. The van der Waals surface area contributed by atoms with Gasteiger partial charge >= 0.3 is 0 Å². The van der Waals surface area contributed by atoms with E-state index in [0.29, 0.717) is 11.3 Å². The summed E-state index contributed by atoms with van der Waals surface area (Å²) >= 11 is 0. The lowest BCUT2D eigenvalue weighted by atomic mass is 9.95. The Kier molecular flexibility index (Phi) is 5.07. The van der Waals surface area contributed by atoms with Crippen molar-refractivity contribution in [1.82, 2.24) is 9.88 Å². The van der Waals surface area contributed by atoms with E-state index in [1.165, 1.54) is 30.1 Å². The highest BCUT2D eigenvalue weighted by atomic mass is 19.3. The minimum Gasteiger partial charge on any atom is -0.373 e. The summed E-state index contributed by atoms with van der Waals surface area (Å²) < 4.78 is 59.1. The number of hydrogen-bond donors (Lipinski definition) is 1. The molecule has 2 heterocycles. The van der Waals surface area contributed by atoms with Crippen LogP contribution < -0.4 is 5.56 Å². The van der Waals surface area contributed by atoms with Crippen LogP contribution in [0.5, 0.6) is 0 Å². The number of likely N-dealkylation sites (N-methyl/N-ethyl adjacent to an activating group) is 1. The molecular formula is C21H16F4N2O3. The first kappa shape index (κ1) is 20.1. The van der Waals surface area contributed by atoms with Gasteiger partial charge in [0.05, 0.1) is 24.6 Å². The van der Waals surface area contributed by atoms with Gasteiger partial charge in [0, 0.05) is 29.4 Å². The molecular weight excluding hydrogens is 404 g/mol. The van der Waals surface area contributed by atoms with Gasteiger partial charge in [-0.15, -0.1) is 0 Å². The van der Waals surface area contributed by atoms with Gasteiger partial charge in [0.15, 0.2) is 11.6 Å². The third kappa shape index (κ3) is 3.35. The monoisotopic (exact) mass is 420 g/mol. The van der Waals surface area contributed by atoms with Crippen molar-refractivity contribution in [3.63, 3.8) is 0 Å². The molecule has 2 aromatic carbocycles. The maximum Gasteiger partial charge on any atom is 0.263 e. The molecule has 1 N–H and O–H groups in total. The lowest BCUT2D eigenvalue weighted by Crippen LogP contribution is -2.37. The van der Waals surface area contributed by atoms with Crippen molar-refractivity contribution in [3.8, 4) is 0 Å². The summed E-state index contributed by atoms with van der Waals surface area (Å²) in [6.07, 6.45) is -2.73. The fourth-order valence-electron chi connectivity index (χ4n) is 3.70. The van der Waals surface area contributed by atoms with Gasteiger partial charge in [0.25, 0.3) is 17.9 Å². The van der Waals surface area contributed by atoms with Crippen LogP contribution in [0.3, 0.4) is 0 Å². The van der Waals surface area contributed by atoms with Gasteiger partial charge in [-0.05, 0) is 29.7 Å². The van der Waals surface area contributed by atoms with Gasteiger partial charge in [0.1, 0.15) is 0 Å². The Labute approximate surface area is 167 Å². The van der Waals surface area contributed by atoms with Crippen LogP contribution in [0.1, 0.15) is 39.6 Å². The lowest BCUT2D eigenvalue weighted by molar-refractivity contribution is 0.0335. The number of halogens is 4. The Bertz CT molecular complexity index is 1210. The van der Waals surface area contributed by atoms with E-state index in [9.17, 15) is 27.2 Å². The fourth-order valence-corrected chi connectivity index (χ4v) is 3.70. The number of nitrogens with one attached hydrogen (secondary N) is 1. The summed E-state index contributed by atoms with van der Waals surface area (Å²) in [6, 6.07) is 6.08. The quantitative estimate of drug-likeness (QED) is 0.650. The number of carbonyl (C=O) groups excluding carboxylic acids is 1. The van der Waals surface area contributed by atoms with Gasteiger partial charge in [-0.2, -0.15) is 0 Å². The van der Waals surface area contributed by atoms with Gasteiger partial charge in [-0.25, -0.2) is 17.6 Å². The normalized spacial score (nSPS) is 16.0. The van der Waals surface area contributed by atoms with Crippen molar-refractivity contribution in [3.05, 3.63) is 80.8 Å². The smallest absolute Gasteiger partial charge is 0.263 e. The molecule has 156 valence electrons. The number of amides is 1. The van der Waals surface area contributed by atoms with Crippen LogP contribution in [0, 0.1) is 11.6 Å². The van der Waals surface area contributed by atoms with Crippen molar-refractivity contribution in [2.75, 3.05) is 13.7 Å². The standard InChI is InChI=1S/C21H16F4N2O3/c1-27(21(29)11-4-2-3-10(5-11)19(24)25)17-9-30-8-16-18(17)12-6-14(22)15(23)7-13(12)20(28)26-16/h2-7,17,19H,8-9H2,1H3,(H,26,28)/t17-/m1/s1. The molecule has 1 aliphatic heterocycles. The second-order valence-corrected chi connectivity index (χ2v) is 7.03. The maximum atomic E-state index is 14.0. The van der Waals surface area contributed by atoms with Gasteiger partial charge in [-0.1, -0.05) is 12.1 Å². The summed E-state index contributed by atoms with van der Waals surface area (Å²) in [5.74, 6) is -2.84. The van der Waals surface area contributed by atoms with E-state index in [0.717, 1.165) is 18.2 Å². The Morgan fingerprint density at radius 3 is 2.57 bits per heavy atom. The van der Waals surface area contributed by atoms with Crippen LogP contribution in [-0.2, 0) is 11.3 Å². The van der Waals surface area contributed by atoms with Crippen molar-refractivity contribution >= 4 is 16.7 Å². The van der Waals surface area contributed by atoms with E-state index in [1.54, 1.807) is 0 Å². The van der Waals surface area contributed by atoms with Crippen molar-refractivity contribution in [2.45, 2.75) is 19.1 Å². The Morgan fingerprint density at radius 2 is 1.87 bits per heavy atom. The number of pyridine rings is 1. The number of ether oxygens (including phenoxy) is 1. The van der Waals surface area contributed by atoms with Crippen LogP contribution in [0.25, 0.3) is 10.8 Å². The highest BCUT2D eigenvalue weighted by molar-refractivity contribution is 5.95. The number of H-pyrrole nitrogens is 1. The largest absolute Gasteiger partial charge is 0.373 e. The van der Waals surface area contributed by atoms with E-state index >= 15 is 0 Å². The SMILES string of the molecule is CN(C(=O)c1cccc(C(F)F)c1)[C@@H]1COCc2[nH]c(=O)c3cc(F)c(F)cc3c21. The molecule has 9 heteroatoms. The van der Waals surface area contributed by atoms with E-state index in [4.69, 9.17) is 4.74 Å².